The maximum atomic E-state index is 10.8. The number of ether oxygens (including phenoxy) is 1. The molecule has 19 heavy (non-hydrogen) atoms. The molecule has 1 N–H and O–H groups in total. The molecule has 0 saturated carbocycles. The van der Waals surface area contributed by atoms with Gasteiger partial charge < -0.3 is 9.84 Å². The number of hydrogen-bond donors (Lipinski definition) is 1. The summed E-state index contributed by atoms with van der Waals surface area (Å²) in [5.41, 5.74) is 0.0453. The molecule has 0 unspecified atom stereocenters. The summed E-state index contributed by atoms with van der Waals surface area (Å²) >= 11 is 12.6. The van der Waals surface area contributed by atoms with E-state index in [1.807, 2.05) is 12.1 Å². The highest BCUT2D eigenvalue weighted by molar-refractivity contribution is 9.11. The summed E-state index contributed by atoms with van der Waals surface area (Å²) < 4.78 is 7.33. The van der Waals surface area contributed by atoms with Gasteiger partial charge in [-0.3, -0.25) is 0 Å². The van der Waals surface area contributed by atoms with Crippen LogP contribution in [0, 0.1) is 0 Å². The molecule has 3 nitrogen and oxygen atoms in total. The smallest absolute Gasteiger partial charge is 0.337 e. The first-order valence-electron chi connectivity index (χ1n) is 5.13. The third-order valence-corrected chi connectivity index (χ3v) is 3.72. The fourth-order valence-corrected chi connectivity index (χ4v) is 2.80. The lowest BCUT2D eigenvalue weighted by Crippen LogP contribution is -1.97. The Morgan fingerprint density at radius 3 is 2.47 bits per heavy atom. The van der Waals surface area contributed by atoms with Crippen LogP contribution >= 0.6 is 43.5 Å². The Morgan fingerprint density at radius 1 is 1.16 bits per heavy atom. The van der Waals surface area contributed by atoms with Crippen molar-refractivity contribution in [3.05, 3.63) is 55.9 Å². The molecular formula is C13H7Br2ClO3. The number of halogens is 3. The van der Waals surface area contributed by atoms with Gasteiger partial charge >= 0.3 is 5.97 Å². The normalized spacial score (nSPS) is 10.3. The predicted octanol–water partition coefficient (Wildman–Crippen LogP) is 5.36. The van der Waals surface area contributed by atoms with Gasteiger partial charge in [-0.2, -0.15) is 0 Å². The van der Waals surface area contributed by atoms with Crippen molar-refractivity contribution in [2.75, 3.05) is 0 Å². The molecule has 6 heteroatoms. The summed E-state index contributed by atoms with van der Waals surface area (Å²) in [7, 11) is 0. The third-order valence-electron chi connectivity index (χ3n) is 2.29. The summed E-state index contributed by atoms with van der Waals surface area (Å²) in [5.74, 6) is 0.0155. The molecule has 2 rings (SSSR count). The van der Waals surface area contributed by atoms with Crippen molar-refractivity contribution < 1.29 is 14.6 Å². The van der Waals surface area contributed by atoms with Crippen LogP contribution in [0.25, 0.3) is 0 Å². The maximum absolute atomic E-state index is 10.8. The lowest BCUT2D eigenvalue weighted by molar-refractivity contribution is 0.0697. The van der Waals surface area contributed by atoms with E-state index < -0.39 is 5.97 Å². The number of rotatable bonds is 3. The zero-order chi connectivity index (χ0) is 14.0. The first-order chi connectivity index (χ1) is 8.97. The maximum Gasteiger partial charge on any atom is 0.337 e. The monoisotopic (exact) mass is 404 g/mol. The molecule has 2 aromatic rings. The third kappa shape index (κ3) is 3.49. The van der Waals surface area contributed by atoms with E-state index in [0.717, 1.165) is 8.95 Å². The van der Waals surface area contributed by atoms with Gasteiger partial charge in [0.1, 0.15) is 11.5 Å². The van der Waals surface area contributed by atoms with Gasteiger partial charge in [-0.1, -0.05) is 27.5 Å². The molecule has 0 aromatic heterocycles. The molecule has 0 atom stereocenters. The van der Waals surface area contributed by atoms with Gasteiger partial charge in [0, 0.05) is 10.5 Å². The van der Waals surface area contributed by atoms with E-state index in [9.17, 15) is 4.79 Å². The Morgan fingerprint density at radius 2 is 1.89 bits per heavy atom. The van der Waals surface area contributed by atoms with Gasteiger partial charge in [0.25, 0.3) is 0 Å². The first kappa shape index (κ1) is 14.4. The van der Waals surface area contributed by atoms with Crippen LogP contribution in [0.4, 0.5) is 0 Å². The standard InChI is InChI=1S/C13H7Br2ClO3/c14-7-1-4-12(10(15)5-7)19-8-2-3-9(13(17)18)11(16)6-8/h1-6H,(H,17,18). The van der Waals surface area contributed by atoms with Crippen molar-refractivity contribution >= 4 is 49.4 Å². The second kappa shape index (κ2) is 5.94. The van der Waals surface area contributed by atoms with Crippen LogP contribution in [-0.2, 0) is 0 Å². The lowest BCUT2D eigenvalue weighted by atomic mass is 10.2. The van der Waals surface area contributed by atoms with E-state index in [4.69, 9.17) is 21.4 Å². The zero-order valence-corrected chi connectivity index (χ0v) is 13.3. The van der Waals surface area contributed by atoms with Crippen LogP contribution < -0.4 is 4.74 Å². The predicted molar refractivity (Wildman–Crippen MR) is 80.3 cm³/mol. The van der Waals surface area contributed by atoms with Gasteiger partial charge in [-0.05, 0) is 46.3 Å². The van der Waals surface area contributed by atoms with Crippen LogP contribution in [0.3, 0.4) is 0 Å². The van der Waals surface area contributed by atoms with E-state index in [1.54, 1.807) is 12.1 Å². The molecule has 2 aromatic carbocycles. The van der Waals surface area contributed by atoms with Crippen LogP contribution in [0.5, 0.6) is 11.5 Å². The number of aromatic carboxylic acids is 1. The number of carboxylic acids is 1. The molecule has 0 radical (unpaired) electrons. The highest BCUT2D eigenvalue weighted by Gasteiger charge is 2.10. The molecule has 98 valence electrons. The van der Waals surface area contributed by atoms with Crippen LogP contribution in [-0.4, -0.2) is 11.1 Å². The highest BCUT2D eigenvalue weighted by Crippen LogP contribution is 2.33. The van der Waals surface area contributed by atoms with E-state index in [0.29, 0.717) is 11.5 Å². The Hall–Kier alpha value is -1.04. The summed E-state index contributed by atoms with van der Waals surface area (Å²) in [5, 5.41) is 9.02. The lowest BCUT2D eigenvalue weighted by Gasteiger charge is -2.09. The average molecular weight is 406 g/mol. The van der Waals surface area contributed by atoms with Crippen LogP contribution in [0.1, 0.15) is 10.4 Å². The van der Waals surface area contributed by atoms with Crippen molar-refractivity contribution in [2.45, 2.75) is 0 Å². The van der Waals surface area contributed by atoms with Gasteiger partial charge in [0.15, 0.2) is 0 Å². The minimum Gasteiger partial charge on any atom is -0.478 e. The molecule has 0 aliphatic carbocycles. The first-order valence-corrected chi connectivity index (χ1v) is 7.09. The van der Waals surface area contributed by atoms with Crippen molar-refractivity contribution in [3.8, 4) is 11.5 Å². The second-order valence-electron chi connectivity index (χ2n) is 3.62. The van der Waals surface area contributed by atoms with E-state index >= 15 is 0 Å². The summed E-state index contributed by atoms with van der Waals surface area (Å²) in [6.45, 7) is 0. The largest absolute Gasteiger partial charge is 0.478 e. The van der Waals surface area contributed by atoms with Crippen molar-refractivity contribution in [2.24, 2.45) is 0 Å². The molecular weight excluding hydrogens is 399 g/mol. The highest BCUT2D eigenvalue weighted by atomic mass is 79.9. The number of hydrogen-bond acceptors (Lipinski definition) is 2. The second-order valence-corrected chi connectivity index (χ2v) is 5.80. The fraction of sp³-hybridized carbons (Fsp3) is 0. The molecule has 0 spiro atoms. The fourth-order valence-electron chi connectivity index (χ4n) is 1.42. The quantitative estimate of drug-likeness (QED) is 0.747. The average Bonchev–Trinajstić information content (AvgIpc) is 2.32. The number of carboxylic acid groups (broad SMARTS) is 1. The van der Waals surface area contributed by atoms with Crippen LogP contribution in [0.2, 0.25) is 5.02 Å². The van der Waals surface area contributed by atoms with Crippen molar-refractivity contribution in [1.82, 2.24) is 0 Å². The minimum absolute atomic E-state index is 0.0453. The van der Waals surface area contributed by atoms with Gasteiger partial charge in [0.2, 0.25) is 0 Å². The summed E-state index contributed by atoms with van der Waals surface area (Å²) in [6.07, 6.45) is 0. The molecule has 0 aliphatic rings. The zero-order valence-electron chi connectivity index (χ0n) is 9.36. The minimum atomic E-state index is -1.07. The summed E-state index contributed by atoms with van der Waals surface area (Å²) in [6, 6.07) is 9.92. The topological polar surface area (TPSA) is 46.5 Å². The Bertz CT molecular complexity index is 644. The van der Waals surface area contributed by atoms with E-state index in [-0.39, 0.29) is 10.6 Å². The number of carbonyl (C=O) groups is 1. The SMILES string of the molecule is O=C(O)c1ccc(Oc2ccc(Br)cc2Br)cc1Cl. The molecule has 0 amide bonds. The molecule has 0 heterocycles. The van der Waals surface area contributed by atoms with E-state index in [1.165, 1.54) is 12.1 Å². The molecule has 0 fully saturated rings. The Labute approximate surface area is 131 Å². The van der Waals surface area contributed by atoms with Gasteiger partial charge in [0.05, 0.1) is 15.1 Å². The molecule has 0 bridgehead atoms. The van der Waals surface area contributed by atoms with E-state index in [2.05, 4.69) is 31.9 Å². The van der Waals surface area contributed by atoms with Crippen molar-refractivity contribution in [3.63, 3.8) is 0 Å². The molecule has 0 aliphatic heterocycles. The Balaban J connectivity index is 2.29. The number of benzene rings is 2. The van der Waals surface area contributed by atoms with Crippen LogP contribution in [0.15, 0.2) is 45.3 Å². The molecule has 0 saturated heterocycles. The van der Waals surface area contributed by atoms with Gasteiger partial charge in [-0.15, -0.1) is 0 Å². The summed E-state index contributed by atoms with van der Waals surface area (Å²) in [4.78, 5) is 10.8. The van der Waals surface area contributed by atoms with Gasteiger partial charge in [-0.25, -0.2) is 4.79 Å². The Kier molecular flexibility index (Phi) is 4.50. The van der Waals surface area contributed by atoms with Crippen molar-refractivity contribution in [1.29, 1.82) is 0 Å².